The number of phenolic OH excluding ortho intramolecular Hbond substituents is 1. The van der Waals surface area contributed by atoms with Crippen molar-refractivity contribution < 1.29 is 9.84 Å². The van der Waals surface area contributed by atoms with Crippen LogP contribution in [-0.4, -0.2) is 18.8 Å². The van der Waals surface area contributed by atoms with Gasteiger partial charge in [-0.3, -0.25) is 0 Å². The van der Waals surface area contributed by atoms with E-state index in [9.17, 15) is 5.11 Å². The van der Waals surface area contributed by atoms with Gasteiger partial charge in [-0.2, -0.15) is 0 Å². The fourth-order valence-electron chi connectivity index (χ4n) is 1.55. The minimum atomic E-state index is 0.179. The number of hydrogen-bond acceptors (Lipinski definition) is 3. The third kappa shape index (κ3) is 1.48. The molecular weight excluding hydrogens is 246 g/mol. The van der Waals surface area contributed by atoms with Gasteiger partial charge >= 0.3 is 0 Å². The van der Waals surface area contributed by atoms with Crippen LogP contribution in [0.2, 0.25) is 0 Å². The molecule has 0 saturated carbocycles. The van der Waals surface area contributed by atoms with Crippen LogP contribution >= 0.6 is 15.9 Å². The topological polar surface area (TPSA) is 41.5 Å². The monoisotopic (exact) mass is 257 g/mol. The lowest BCUT2D eigenvalue weighted by atomic mass is 9.98. The first kappa shape index (κ1) is 9.80. The Bertz CT molecular complexity index is 350. The molecule has 1 heterocycles. The van der Waals surface area contributed by atoms with Crippen molar-refractivity contribution in [1.29, 1.82) is 0 Å². The molecule has 4 heteroatoms. The van der Waals surface area contributed by atoms with E-state index in [1.54, 1.807) is 13.2 Å². The molecule has 1 fully saturated rings. The molecule has 76 valence electrons. The van der Waals surface area contributed by atoms with Gasteiger partial charge in [0.15, 0.2) is 11.5 Å². The van der Waals surface area contributed by atoms with Gasteiger partial charge in [0.2, 0.25) is 0 Å². The third-order valence-electron chi connectivity index (χ3n) is 2.53. The maximum absolute atomic E-state index is 9.75. The first-order chi connectivity index (χ1) is 6.74. The lowest BCUT2D eigenvalue weighted by molar-refractivity contribution is 0.361. The highest BCUT2D eigenvalue weighted by atomic mass is 79.9. The molecule has 0 amide bonds. The van der Waals surface area contributed by atoms with E-state index >= 15 is 0 Å². The summed E-state index contributed by atoms with van der Waals surface area (Å²) in [6, 6.07) is 4.12. The van der Waals surface area contributed by atoms with Gasteiger partial charge in [-0.25, -0.2) is 0 Å². The Labute approximate surface area is 91.2 Å². The van der Waals surface area contributed by atoms with Gasteiger partial charge in [-0.15, -0.1) is 0 Å². The summed E-state index contributed by atoms with van der Waals surface area (Å²) >= 11 is 3.38. The summed E-state index contributed by atoms with van der Waals surface area (Å²) < 4.78 is 5.74. The highest BCUT2D eigenvalue weighted by molar-refractivity contribution is 9.10. The van der Waals surface area contributed by atoms with Gasteiger partial charge in [-0.1, -0.05) is 6.07 Å². The van der Waals surface area contributed by atoms with Crippen LogP contribution in [0.1, 0.15) is 18.0 Å². The van der Waals surface area contributed by atoms with Crippen LogP contribution in [0.25, 0.3) is 0 Å². The molecule has 3 nitrogen and oxygen atoms in total. The second-order valence-corrected chi connectivity index (χ2v) is 4.11. The van der Waals surface area contributed by atoms with Gasteiger partial charge in [0.05, 0.1) is 11.6 Å². The van der Waals surface area contributed by atoms with Crippen LogP contribution in [0.15, 0.2) is 16.6 Å². The number of rotatable bonds is 2. The van der Waals surface area contributed by atoms with E-state index in [-0.39, 0.29) is 5.75 Å². The van der Waals surface area contributed by atoms with Crippen LogP contribution in [0, 0.1) is 0 Å². The predicted molar refractivity (Wildman–Crippen MR) is 57.7 cm³/mol. The van der Waals surface area contributed by atoms with Crippen molar-refractivity contribution >= 4 is 15.9 Å². The van der Waals surface area contributed by atoms with Gasteiger partial charge in [0.25, 0.3) is 0 Å². The van der Waals surface area contributed by atoms with Crippen LogP contribution in [0.4, 0.5) is 0 Å². The molecule has 1 aliphatic heterocycles. The number of methoxy groups -OCH3 is 1. The molecule has 0 spiro atoms. The summed E-state index contributed by atoms with van der Waals surface area (Å²) in [5.74, 6) is 0.679. The third-order valence-corrected chi connectivity index (χ3v) is 3.36. The minimum Gasteiger partial charge on any atom is -0.503 e. The normalized spacial score (nSPS) is 20.3. The van der Waals surface area contributed by atoms with E-state index in [0.717, 1.165) is 23.0 Å². The van der Waals surface area contributed by atoms with Crippen LogP contribution in [-0.2, 0) is 0 Å². The summed E-state index contributed by atoms with van der Waals surface area (Å²) in [6.45, 7) is 1.05. The van der Waals surface area contributed by atoms with E-state index in [0.29, 0.717) is 11.8 Å². The quantitative estimate of drug-likeness (QED) is 0.854. The molecular formula is C10H12BrNO2. The summed E-state index contributed by atoms with van der Waals surface area (Å²) in [4.78, 5) is 0. The van der Waals surface area contributed by atoms with Gasteiger partial charge < -0.3 is 15.2 Å². The van der Waals surface area contributed by atoms with Crippen molar-refractivity contribution in [1.82, 2.24) is 5.32 Å². The first-order valence-corrected chi connectivity index (χ1v) is 5.32. The zero-order valence-electron chi connectivity index (χ0n) is 7.88. The van der Waals surface area contributed by atoms with Crippen molar-refractivity contribution in [2.24, 2.45) is 0 Å². The molecule has 0 radical (unpaired) electrons. The largest absolute Gasteiger partial charge is 0.503 e. The number of ether oxygens (including phenoxy) is 1. The molecule has 0 bridgehead atoms. The summed E-state index contributed by atoms with van der Waals surface area (Å²) in [7, 11) is 1.54. The molecule has 1 aliphatic rings. The van der Waals surface area contributed by atoms with Crippen molar-refractivity contribution in [3.05, 3.63) is 22.2 Å². The standard InChI is InChI=1S/C10H12BrNO2/c1-14-8-3-2-6(7-4-5-12-7)9(11)10(8)13/h2-3,7,12-13H,4-5H2,1H3/t7-/m0/s1. The Morgan fingerprint density at radius 2 is 2.29 bits per heavy atom. The van der Waals surface area contributed by atoms with Crippen LogP contribution in [0.5, 0.6) is 11.5 Å². The molecule has 2 N–H and O–H groups in total. The summed E-state index contributed by atoms with van der Waals surface area (Å²) in [6.07, 6.45) is 1.12. The Morgan fingerprint density at radius 3 is 2.79 bits per heavy atom. The SMILES string of the molecule is COc1ccc([C@@H]2CCN2)c(Br)c1O. The fourth-order valence-corrected chi connectivity index (χ4v) is 2.15. The number of aromatic hydroxyl groups is 1. The smallest absolute Gasteiger partial charge is 0.172 e. The molecule has 1 aromatic carbocycles. The van der Waals surface area contributed by atoms with E-state index in [4.69, 9.17) is 4.74 Å². The van der Waals surface area contributed by atoms with E-state index in [1.807, 2.05) is 6.07 Å². The molecule has 2 rings (SSSR count). The van der Waals surface area contributed by atoms with E-state index in [1.165, 1.54) is 0 Å². The Balaban J connectivity index is 2.38. The number of phenols is 1. The van der Waals surface area contributed by atoms with Gasteiger partial charge in [0.1, 0.15) is 0 Å². The summed E-state index contributed by atoms with van der Waals surface area (Å²) in [5, 5.41) is 13.0. The van der Waals surface area contributed by atoms with Gasteiger partial charge in [0, 0.05) is 6.04 Å². The predicted octanol–water partition coefficient (Wildman–Crippen LogP) is 2.20. The van der Waals surface area contributed by atoms with Crippen molar-refractivity contribution in [2.75, 3.05) is 13.7 Å². The number of hydrogen-bond donors (Lipinski definition) is 2. The average Bonchev–Trinajstić information content (AvgIpc) is 2.10. The van der Waals surface area contributed by atoms with Crippen LogP contribution in [0.3, 0.4) is 0 Å². The molecule has 0 aliphatic carbocycles. The Kier molecular flexibility index (Phi) is 2.65. The number of halogens is 1. The number of nitrogens with one attached hydrogen (secondary N) is 1. The van der Waals surface area contributed by atoms with Gasteiger partial charge in [-0.05, 0) is 40.5 Å². The zero-order chi connectivity index (χ0) is 10.1. The molecule has 1 saturated heterocycles. The lowest BCUT2D eigenvalue weighted by Gasteiger charge is -2.29. The number of benzene rings is 1. The van der Waals surface area contributed by atoms with E-state index < -0.39 is 0 Å². The zero-order valence-corrected chi connectivity index (χ0v) is 9.47. The average molecular weight is 258 g/mol. The second-order valence-electron chi connectivity index (χ2n) is 3.32. The molecule has 0 aromatic heterocycles. The van der Waals surface area contributed by atoms with Crippen LogP contribution < -0.4 is 10.1 Å². The molecule has 1 aromatic rings. The molecule has 1 atom stereocenters. The lowest BCUT2D eigenvalue weighted by Crippen LogP contribution is -2.35. The molecule has 14 heavy (non-hydrogen) atoms. The molecule has 0 unspecified atom stereocenters. The Hall–Kier alpha value is -0.740. The van der Waals surface area contributed by atoms with E-state index in [2.05, 4.69) is 21.2 Å². The summed E-state index contributed by atoms with van der Waals surface area (Å²) in [5.41, 5.74) is 1.09. The highest BCUT2D eigenvalue weighted by Gasteiger charge is 2.23. The van der Waals surface area contributed by atoms with Crippen molar-refractivity contribution in [2.45, 2.75) is 12.5 Å². The van der Waals surface area contributed by atoms with Crippen molar-refractivity contribution in [3.63, 3.8) is 0 Å². The maximum atomic E-state index is 9.75. The fraction of sp³-hybridized carbons (Fsp3) is 0.400. The minimum absolute atomic E-state index is 0.179. The Morgan fingerprint density at radius 1 is 1.57 bits per heavy atom. The highest BCUT2D eigenvalue weighted by Crippen LogP contribution is 2.40. The maximum Gasteiger partial charge on any atom is 0.172 e. The second kappa shape index (κ2) is 3.79. The van der Waals surface area contributed by atoms with Crippen molar-refractivity contribution in [3.8, 4) is 11.5 Å². The first-order valence-electron chi connectivity index (χ1n) is 4.52.